The van der Waals surface area contributed by atoms with Crippen LogP contribution in [-0.4, -0.2) is 14.5 Å². The second-order valence-electron chi connectivity index (χ2n) is 6.04. The largest absolute Gasteiger partial charge is 0.618 e. The monoisotopic (exact) mass is 338 g/mol. The number of benzene rings is 2. The molecule has 0 saturated carbocycles. The molecule has 5 heteroatoms. The smallest absolute Gasteiger partial charge is 0.241 e. The maximum Gasteiger partial charge on any atom is 0.241 e. The van der Waals surface area contributed by atoms with Crippen molar-refractivity contribution >= 4 is 21.8 Å². The van der Waals surface area contributed by atoms with Gasteiger partial charge in [0.2, 0.25) is 17.2 Å². The van der Waals surface area contributed by atoms with E-state index in [1.807, 2.05) is 71.3 Å². The predicted octanol–water partition coefficient (Wildman–Crippen LogP) is 3.87. The van der Waals surface area contributed by atoms with Crippen molar-refractivity contribution < 1.29 is 4.73 Å². The average molecular weight is 338 g/mol. The summed E-state index contributed by atoms with van der Waals surface area (Å²) in [7, 11) is 0. The van der Waals surface area contributed by atoms with Crippen molar-refractivity contribution in [1.82, 2.24) is 14.5 Å². The van der Waals surface area contributed by atoms with Crippen LogP contribution in [0.5, 0.6) is 0 Å². The molecule has 0 aliphatic carbocycles. The highest BCUT2D eigenvalue weighted by molar-refractivity contribution is 5.88. The Morgan fingerprint density at radius 2 is 1.50 bits per heavy atom. The van der Waals surface area contributed by atoms with Crippen molar-refractivity contribution in [3.63, 3.8) is 0 Å². The molecule has 124 valence electrons. The zero-order valence-electron chi connectivity index (χ0n) is 13.8. The standard InChI is InChI=1S/C21H14N4O/c26-25-18-9-4-1-6-15(18)10-11-19(25)20-14-16-7-2-3-8-17(16)24(20)21-22-12-5-13-23-21/h1-14H. The molecular weight excluding hydrogens is 324 g/mol. The number of aromatic nitrogens is 4. The van der Waals surface area contributed by atoms with Gasteiger partial charge in [-0.2, -0.15) is 4.73 Å². The first-order valence-corrected chi connectivity index (χ1v) is 8.32. The molecule has 0 aliphatic rings. The topological polar surface area (TPSA) is 57.6 Å². The second-order valence-corrected chi connectivity index (χ2v) is 6.04. The minimum absolute atomic E-state index is 0.539. The molecule has 0 amide bonds. The fourth-order valence-corrected chi connectivity index (χ4v) is 3.33. The van der Waals surface area contributed by atoms with Crippen LogP contribution < -0.4 is 4.73 Å². The number of nitrogens with zero attached hydrogens (tertiary/aromatic N) is 4. The molecule has 5 aromatic rings. The Kier molecular flexibility index (Phi) is 3.18. The van der Waals surface area contributed by atoms with Gasteiger partial charge in [0.05, 0.1) is 5.52 Å². The summed E-state index contributed by atoms with van der Waals surface area (Å²) in [5.74, 6) is 0.539. The van der Waals surface area contributed by atoms with Crippen molar-refractivity contribution in [2.75, 3.05) is 0 Å². The van der Waals surface area contributed by atoms with Crippen LogP contribution in [0, 0.1) is 5.21 Å². The molecule has 5 nitrogen and oxygen atoms in total. The van der Waals surface area contributed by atoms with Crippen molar-refractivity contribution in [3.05, 3.63) is 90.4 Å². The van der Waals surface area contributed by atoms with Crippen molar-refractivity contribution in [1.29, 1.82) is 0 Å². The van der Waals surface area contributed by atoms with E-state index < -0.39 is 0 Å². The van der Waals surface area contributed by atoms with Gasteiger partial charge >= 0.3 is 0 Å². The normalized spacial score (nSPS) is 11.2. The van der Waals surface area contributed by atoms with Crippen LogP contribution in [0.1, 0.15) is 0 Å². The van der Waals surface area contributed by atoms with E-state index in [2.05, 4.69) is 9.97 Å². The Morgan fingerprint density at radius 1 is 0.769 bits per heavy atom. The highest BCUT2D eigenvalue weighted by Crippen LogP contribution is 2.29. The Labute approximate surface area is 149 Å². The van der Waals surface area contributed by atoms with Crippen LogP contribution in [0.25, 0.3) is 39.1 Å². The van der Waals surface area contributed by atoms with Crippen LogP contribution >= 0.6 is 0 Å². The minimum Gasteiger partial charge on any atom is -0.618 e. The third kappa shape index (κ3) is 2.14. The number of fused-ring (bicyclic) bond motifs is 2. The van der Waals surface area contributed by atoms with Gasteiger partial charge in [-0.1, -0.05) is 30.3 Å². The molecule has 2 aromatic carbocycles. The lowest BCUT2D eigenvalue weighted by Gasteiger charge is -2.10. The van der Waals surface area contributed by atoms with E-state index in [4.69, 9.17) is 0 Å². The van der Waals surface area contributed by atoms with Gasteiger partial charge in [-0.3, -0.25) is 4.57 Å². The molecular formula is C21H14N4O. The number of pyridine rings is 1. The van der Waals surface area contributed by atoms with Gasteiger partial charge in [0, 0.05) is 35.3 Å². The first-order valence-electron chi connectivity index (χ1n) is 8.32. The van der Waals surface area contributed by atoms with E-state index in [9.17, 15) is 5.21 Å². The first kappa shape index (κ1) is 14.6. The van der Waals surface area contributed by atoms with Crippen LogP contribution in [0.15, 0.2) is 85.2 Å². The second kappa shape index (κ2) is 5.67. The lowest BCUT2D eigenvalue weighted by molar-refractivity contribution is -0.565. The summed E-state index contributed by atoms with van der Waals surface area (Å²) in [6, 6.07) is 23.1. The van der Waals surface area contributed by atoms with E-state index in [0.717, 1.165) is 26.7 Å². The third-order valence-electron chi connectivity index (χ3n) is 4.52. The molecule has 3 heterocycles. The molecule has 0 bridgehead atoms. The molecule has 0 atom stereocenters. The van der Waals surface area contributed by atoms with Gasteiger partial charge in [0.15, 0.2) is 0 Å². The molecule has 5 rings (SSSR count). The Balaban J connectivity index is 1.87. The van der Waals surface area contributed by atoms with Gasteiger partial charge < -0.3 is 5.21 Å². The number of rotatable bonds is 2. The molecule has 0 unspecified atom stereocenters. The fourth-order valence-electron chi connectivity index (χ4n) is 3.33. The summed E-state index contributed by atoms with van der Waals surface area (Å²) in [5.41, 5.74) is 2.92. The number of hydrogen-bond donors (Lipinski definition) is 0. The van der Waals surface area contributed by atoms with Crippen LogP contribution in [0.3, 0.4) is 0 Å². The van der Waals surface area contributed by atoms with Gasteiger partial charge in [0.25, 0.3) is 0 Å². The zero-order chi connectivity index (χ0) is 17.5. The van der Waals surface area contributed by atoms with Crippen LogP contribution in [-0.2, 0) is 0 Å². The molecule has 0 radical (unpaired) electrons. The SMILES string of the molecule is [O-][n+]1c(-c2cc3ccccc3n2-c2ncccn2)ccc2ccccc21. The Hall–Kier alpha value is -3.73. The van der Waals surface area contributed by atoms with E-state index in [1.54, 1.807) is 18.5 Å². The van der Waals surface area contributed by atoms with Crippen LogP contribution in [0.2, 0.25) is 0 Å². The summed E-state index contributed by atoms with van der Waals surface area (Å²) in [5, 5.41) is 15.0. The van der Waals surface area contributed by atoms with Crippen LogP contribution in [0.4, 0.5) is 0 Å². The lowest BCUT2D eigenvalue weighted by atomic mass is 10.1. The quantitative estimate of drug-likeness (QED) is 0.363. The molecule has 0 saturated heterocycles. The molecule has 0 N–H and O–H groups in total. The van der Waals surface area contributed by atoms with E-state index in [0.29, 0.717) is 17.2 Å². The molecule has 3 aromatic heterocycles. The van der Waals surface area contributed by atoms with Crippen molar-refractivity contribution in [2.45, 2.75) is 0 Å². The molecule has 0 fully saturated rings. The molecule has 0 aliphatic heterocycles. The fraction of sp³-hybridized carbons (Fsp3) is 0. The number of para-hydroxylation sites is 2. The highest BCUT2D eigenvalue weighted by atomic mass is 16.5. The number of hydrogen-bond acceptors (Lipinski definition) is 3. The minimum atomic E-state index is 0.539. The molecule has 26 heavy (non-hydrogen) atoms. The van der Waals surface area contributed by atoms with Crippen molar-refractivity contribution in [2.24, 2.45) is 0 Å². The van der Waals surface area contributed by atoms with Crippen molar-refractivity contribution in [3.8, 4) is 17.3 Å². The van der Waals surface area contributed by atoms with E-state index in [1.165, 1.54) is 0 Å². The van der Waals surface area contributed by atoms with Gasteiger partial charge in [0.1, 0.15) is 5.69 Å². The van der Waals surface area contributed by atoms with Gasteiger partial charge in [-0.25, -0.2) is 9.97 Å². The lowest BCUT2D eigenvalue weighted by Crippen LogP contribution is -2.30. The van der Waals surface area contributed by atoms with Gasteiger partial charge in [-0.15, -0.1) is 0 Å². The Morgan fingerprint density at radius 3 is 2.35 bits per heavy atom. The maximum atomic E-state index is 13.1. The maximum absolute atomic E-state index is 13.1. The summed E-state index contributed by atoms with van der Waals surface area (Å²) in [4.78, 5) is 8.78. The van der Waals surface area contributed by atoms with E-state index >= 15 is 0 Å². The third-order valence-corrected chi connectivity index (χ3v) is 4.52. The summed E-state index contributed by atoms with van der Waals surface area (Å²) < 4.78 is 2.90. The van der Waals surface area contributed by atoms with Gasteiger partial charge in [-0.05, 0) is 30.3 Å². The summed E-state index contributed by atoms with van der Waals surface area (Å²) >= 11 is 0. The molecule has 0 spiro atoms. The Bertz CT molecular complexity index is 1250. The van der Waals surface area contributed by atoms with E-state index in [-0.39, 0.29) is 0 Å². The summed E-state index contributed by atoms with van der Waals surface area (Å²) in [6.07, 6.45) is 3.40. The zero-order valence-corrected chi connectivity index (χ0v) is 13.8. The average Bonchev–Trinajstić information content (AvgIpc) is 3.08. The predicted molar refractivity (Wildman–Crippen MR) is 101 cm³/mol. The highest BCUT2D eigenvalue weighted by Gasteiger charge is 2.20. The first-order chi connectivity index (χ1) is 12.8. The summed E-state index contributed by atoms with van der Waals surface area (Å²) in [6.45, 7) is 0.